The van der Waals surface area contributed by atoms with Gasteiger partial charge in [-0.1, -0.05) is 0 Å². The Morgan fingerprint density at radius 1 is 1.00 bits per heavy atom. The summed E-state index contributed by atoms with van der Waals surface area (Å²) in [5.74, 6) is 0. The first-order chi connectivity index (χ1) is 14.8. The number of hydrogen-bond acceptors (Lipinski definition) is 6. The maximum Gasteiger partial charge on any atom is 0.293 e. The van der Waals surface area contributed by atoms with Crippen LogP contribution in [-0.2, 0) is 14.8 Å². The molecule has 2 aliphatic rings. The third-order valence-corrected chi connectivity index (χ3v) is 8.14. The van der Waals surface area contributed by atoms with Crippen molar-refractivity contribution >= 4 is 21.4 Å². The lowest BCUT2D eigenvalue weighted by atomic mass is 10.0. The maximum absolute atomic E-state index is 12.9. The summed E-state index contributed by atoms with van der Waals surface area (Å²) >= 11 is 0. The molecule has 0 spiro atoms. The van der Waals surface area contributed by atoms with E-state index in [1.165, 1.54) is 27.8 Å². The summed E-state index contributed by atoms with van der Waals surface area (Å²) in [5, 5.41) is 11.8. The van der Waals surface area contributed by atoms with E-state index in [0.717, 1.165) is 12.8 Å². The number of nitro groups is 1. The number of nitro benzene ring substituents is 1. The van der Waals surface area contributed by atoms with Crippen LogP contribution in [-0.4, -0.2) is 61.6 Å². The van der Waals surface area contributed by atoms with Gasteiger partial charge in [-0.2, -0.15) is 4.31 Å². The summed E-state index contributed by atoms with van der Waals surface area (Å²) in [4.78, 5) is 13.3. The number of hydrogen-bond donors (Lipinski definition) is 0. The molecule has 0 amide bonds. The highest BCUT2D eigenvalue weighted by Gasteiger charge is 2.31. The average molecular weight is 449 g/mol. The van der Waals surface area contributed by atoms with Gasteiger partial charge in [0.25, 0.3) is 5.69 Å². The standard InChI is InChI=1S/C21H28N4O5S/c1-16-3-4-17(2)24(16)18-7-9-22(10-8-18)20-6-5-19(15-21(20)25(26)27)31(28,29)23-11-13-30-14-12-23/h3-6,15,18H,7-14H2,1-2H3. The lowest BCUT2D eigenvalue weighted by Gasteiger charge is -2.35. The zero-order valence-electron chi connectivity index (χ0n) is 17.9. The van der Waals surface area contributed by atoms with Crippen molar-refractivity contribution in [2.45, 2.75) is 37.6 Å². The van der Waals surface area contributed by atoms with E-state index in [-0.39, 0.29) is 23.7 Å². The second-order valence-corrected chi connectivity index (χ2v) is 10.1. The van der Waals surface area contributed by atoms with Crippen LogP contribution in [0.5, 0.6) is 0 Å². The van der Waals surface area contributed by atoms with E-state index in [0.29, 0.717) is 38.0 Å². The van der Waals surface area contributed by atoms with Crippen molar-refractivity contribution in [2.75, 3.05) is 44.3 Å². The number of benzene rings is 1. The number of ether oxygens (including phenoxy) is 1. The Labute approximate surface area is 182 Å². The Balaban J connectivity index is 1.56. The molecule has 2 saturated heterocycles. The summed E-state index contributed by atoms with van der Waals surface area (Å²) < 4.78 is 34.7. The summed E-state index contributed by atoms with van der Waals surface area (Å²) in [6, 6.07) is 8.86. The molecule has 0 bridgehead atoms. The molecule has 1 aromatic heterocycles. The van der Waals surface area contributed by atoms with Gasteiger partial charge in [-0.25, -0.2) is 8.42 Å². The molecule has 0 radical (unpaired) electrons. The fourth-order valence-electron chi connectivity index (χ4n) is 4.63. The second kappa shape index (κ2) is 8.60. The van der Waals surface area contributed by atoms with Gasteiger partial charge in [-0.3, -0.25) is 10.1 Å². The lowest BCUT2D eigenvalue weighted by molar-refractivity contribution is -0.384. The van der Waals surface area contributed by atoms with Gasteiger partial charge < -0.3 is 14.2 Å². The van der Waals surface area contributed by atoms with Gasteiger partial charge in [-0.05, 0) is 51.0 Å². The Morgan fingerprint density at radius 3 is 2.19 bits per heavy atom. The third-order valence-electron chi connectivity index (χ3n) is 6.25. The van der Waals surface area contributed by atoms with E-state index in [4.69, 9.17) is 4.74 Å². The Kier molecular flexibility index (Phi) is 6.05. The molecule has 0 atom stereocenters. The number of aromatic nitrogens is 1. The van der Waals surface area contributed by atoms with Crippen molar-refractivity contribution in [2.24, 2.45) is 0 Å². The number of nitrogens with zero attached hydrogens (tertiary/aromatic N) is 4. The van der Waals surface area contributed by atoms with Gasteiger partial charge >= 0.3 is 0 Å². The predicted octanol–water partition coefficient (Wildman–Crippen LogP) is 2.88. The highest BCUT2D eigenvalue weighted by Crippen LogP contribution is 2.36. The van der Waals surface area contributed by atoms with Crippen LogP contribution in [0.4, 0.5) is 11.4 Å². The van der Waals surface area contributed by atoms with Crippen LogP contribution in [0.1, 0.15) is 30.3 Å². The largest absolute Gasteiger partial charge is 0.379 e. The summed E-state index contributed by atoms with van der Waals surface area (Å²) in [6.07, 6.45) is 1.75. The maximum atomic E-state index is 12.9. The second-order valence-electron chi connectivity index (χ2n) is 8.13. The Hall–Kier alpha value is -2.43. The van der Waals surface area contributed by atoms with E-state index >= 15 is 0 Å². The first kappa shape index (κ1) is 21.8. The number of anilines is 1. The highest BCUT2D eigenvalue weighted by atomic mass is 32.2. The monoisotopic (exact) mass is 448 g/mol. The first-order valence-corrected chi connectivity index (χ1v) is 12.0. The van der Waals surface area contributed by atoms with E-state index in [9.17, 15) is 18.5 Å². The van der Waals surface area contributed by atoms with Gasteiger partial charge in [0.2, 0.25) is 10.0 Å². The van der Waals surface area contributed by atoms with Crippen molar-refractivity contribution in [1.82, 2.24) is 8.87 Å². The predicted molar refractivity (Wildman–Crippen MR) is 117 cm³/mol. The van der Waals surface area contributed by atoms with Gasteiger partial charge in [0.05, 0.1) is 23.0 Å². The lowest BCUT2D eigenvalue weighted by Crippen LogP contribution is -2.40. The van der Waals surface area contributed by atoms with Crippen LogP contribution in [0, 0.1) is 24.0 Å². The minimum absolute atomic E-state index is 0.0432. The molecule has 0 aliphatic carbocycles. The van der Waals surface area contributed by atoms with Crippen molar-refractivity contribution < 1.29 is 18.1 Å². The van der Waals surface area contributed by atoms with Gasteiger partial charge in [0.15, 0.2) is 0 Å². The van der Waals surface area contributed by atoms with Crippen LogP contribution in [0.2, 0.25) is 0 Å². The number of piperidine rings is 1. The van der Waals surface area contributed by atoms with Crippen LogP contribution in [0.25, 0.3) is 0 Å². The number of morpholine rings is 1. The minimum atomic E-state index is -3.79. The fourth-order valence-corrected chi connectivity index (χ4v) is 6.06. The Bertz CT molecular complexity index is 1050. The molecular formula is C21H28N4O5S. The zero-order chi connectivity index (χ0) is 22.2. The molecule has 9 nitrogen and oxygen atoms in total. The SMILES string of the molecule is Cc1ccc(C)n1C1CCN(c2ccc(S(=O)(=O)N3CCOCC3)cc2[N+](=O)[O-])CC1. The van der Waals surface area contributed by atoms with Gasteiger partial charge in [0.1, 0.15) is 5.69 Å². The highest BCUT2D eigenvalue weighted by molar-refractivity contribution is 7.89. The molecule has 1 aromatic carbocycles. The molecule has 168 valence electrons. The van der Waals surface area contributed by atoms with Crippen LogP contribution in [0.3, 0.4) is 0 Å². The molecule has 0 N–H and O–H groups in total. The van der Waals surface area contributed by atoms with E-state index in [1.54, 1.807) is 6.07 Å². The van der Waals surface area contributed by atoms with Gasteiger partial charge in [0, 0.05) is 49.7 Å². The molecule has 2 fully saturated rings. The third kappa shape index (κ3) is 4.19. The molecule has 0 saturated carbocycles. The van der Waals surface area contributed by atoms with Crippen molar-refractivity contribution in [1.29, 1.82) is 0 Å². The molecular weight excluding hydrogens is 420 g/mol. The van der Waals surface area contributed by atoms with E-state index < -0.39 is 14.9 Å². The van der Waals surface area contributed by atoms with Crippen LogP contribution >= 0.6 is 0 Å². The van der Waals surface area contributed by atoms with Crippen molar-refractivity contribution in [3.05, 3.63) is 51.8 Å². The molecule has 3 heterocycles. The Morgan fingerprint density at radius 2 is 1.61 bits per heavy atom. The summed E-state index contributed by atoms with van der Waals surface area (Å²) in [6.45, 7) is 6.71. The molecule has 2 aromatic rings. The van der Waals surface area contributed by atoms with Crippen molar-refractivity contribution in [3.8, 4) is 0 Å². The average Bonchev–Trinajstić information content (AvgIpc) is 3.12. The van der Waals surface area contributed by atoms with E-state index in [2.05, 4.69) is 30.5 Å². The quantitative estimate of drug-likeness (QED) is 0.515. The summed E-state index contributed by atoms with van der Waals surface area (Å²) in [7, 11) is -3.79. The van der Waals surface area contributed by atoms with Crippen molar-refractivity contribution in [3.63, 3.8) is 0 Å². The smallest absolute Gasteiger partial charge is 0.293 e. The number of rotatable bonds is 5. The number of sulfonamides is 1. The normalized spacial score (nSPS) is 19.0. The zero-order valence-corrected chi connectivity index (χ0v) is 18.7. The van der Waals surface area contributed by atoms with E-state index in [1.807, 2.05) is 4.90 Å². The molecule has 2 aliphatic heterocycles. The molecule has 4 rings (SSSR count). The molecule has 0 unspecified atom stereocenters. The summed E-state index contributed by atoms with van der Waals surface area (Å²) in [5.41, 5.74) is 2.76. The fraction of sp³-hybridized carbons (Fsp3) is 0.524. The first-order valence-electron chi connectivity index (χ1n) is 10.5. The van der Waals surface area contributed by atoms with Crippen LogP contribution < -0.4 is 4.90 Å². The topological polar surface area (TPSA) is 97.9 Å². The van der Waals surface area contributed by atoms with Crippen LogP contribution in [0.15, 0.2) is 35.2 Å². The molecule has 31 heavy (non-hydrogen) atoms. The minimum Gasteiger partial charge on any atom is -0.379 e. The molecule has 10 heteroatoms. The van der Waals surface area contributed by atoms with Gasteiger partial charge in [-0.15, -0.1) is 0 Å². The number of aryl methyl sites for hydroxylation is 2.